The van der Waals surface area contributed by atoms with E-state index in [4.69, 9.17) is 14.9 Å². The Morgan fingerprint density at radius 3 is 1.97 bits per heavy atom. The van der Waals surface area contributed by atoms with Crippen molar-refractivity contribution in [3.63, 3.8) is 0 Å². The minimum Gasteiger partial charge on any atom is -0.461 e. The number of hydrazone groups is 2. The van der Waals surface area contributed by atoms with Gasteiger partial charge in [-0.1, -0.05) is 91.9 Å². The molecule has 6 rings (SSSR count). The van der Waals surface area contributed by atoms with Crippen molar-refractivity contribution in [2.45, 2.75) is 25.3 Å². The number of hydrogen-bond donors (Lipinski definition) is 0. The number of aryl methyl sites for hydroxylation is 1. The van der Waals surface area contributed by atoms with Crippen molar-refractivity contribution in [2.24, 2.45) is 10.2 Å². The van der Waals surface area contributed by atoms with Crippen LogP contribution in [0.3, 0.4) is 0 Å². The standard InChI is InChI=1S/C32H28N4O2S/c1-3-23-19-21-24(22-20-23)29-27-17-11-12-18-28(27)32(35(33-29)25-13-7-5-8-14-25)36(26-15-9-6-10-16-26)34-30(39-32)31(37)38-4-2/h5-22H,3-4H2,1-2H3/t32-/m0/s1. The van der Waals surface area contributed by atoms with Crippen LogP contribution in [-0.4, -0.2) is 23.3 Å². The quantitative estimate of drug-likeness (QED) is 0.257. The zero-order chi connectivity index (χ0) is 26.8. The average Bonchev–Trinajstić information content (AvgIpc) is 3.40. The molecule has 0 aromatic heterocycles. The fourth-order valence-electron chi connectivity index (χ4n) is 4.96. The van der Waals surface area contributed by atoms with Gasteiger partial charge >= 0.3 is 5.97 Å². The third-order valence-corrected chi connectivity index (χ3v) is 8.12. The molecule has 0 fully saturated rings. The van der Waals surface area contributed by atoms with E-state index in [2.05, 4.69) is 43.3 Å². The van der Waals surface area contributed by atoms with Crippen molar-refractivity contribution in [1.82, 2.24) is 0 Å². The summed E-state index contributed by atoms with van der Waals surface area (Å²) in [5.74, 6) is -0.448. The van der Waals surface area contributed by atoms with Crippen LogP contribution in [0.15, 0.2) is 119 Å². The molecule has 0 saturated heterocycles. The van der Waals surface area contributed by atoms with Crippen molar-refractivity contribution in [3.05, 3.63) is 131 Å². The van der Waals surface area contributed by atoms with Gasteiger partial charge in [-0.3, -0.25) is 0 Å². The predicted molar refractivity (Wildman–Crippen MR) is 159 cm³/mol. The van der Waals surface area contributed by atoms with Crippen LogP contribution in [0.2, 0.25) is 0 Å². The van der Waals surface area contributed by atoms with Gasteiger partial charge in [0.2, 0.25) is 10.0 Å². The molecule has 0 N–H and O–H groups in total. The summed E-state index contributed by atoms with van der Waals surface area (Å²) in [4.78, 5) is 12.1. The minimum atomic E-state index is -1.01. The van der Waals surface area contributed by atoms with Crippen LogP contribution in [0, 0.1) is 0 Å². The molecule has 2 aliphatic rings. The Balaban J connectivity index is 1.62. The van der Waals surface area contributed by atoms with Gasteiger partial charge in [-0.25, -0.2) is 14.8 Å². The number of carbonyl (C=O) groups is 1. The van der Waals surface area contributed by atoms with Gasteiger partial charge in [-0.05, 0) is 54.9 Å². The van der Waals surface area contributed by atoms with E-state index in [1.54, 1.807) is 6.92 Å². The van der Waals surface area contributed by atoms with Gasteiger partial charge in [-0.2, -0.15) is 10.2 Å². The van der Waals surface area contributed by atoms with Crippen LogP contribution < -0.4 is 10.0 Å². The second-order valence-electron chi connectivity index (χ2n) is 9.18. The maximum absolute atomic E-state index is 13.1. The van der Waals surface area contributed by atoms with E-state index in [1.165, 1.54) is 17.3 Å². The van der Waals surface area contributed by atoms with Gasteiger partial charge in [-0.15, -0.1) is 0 Å². The molecule has 7 heteroatoms. The fraction of sp³-hybridized carbons (Fsp3) is 0.156. The summed E-state index contributed by atoms with van der Waals surface area (Å²) < 4.78 is 5.41. The Morgan fingerprint density at radius 1 is 0.769 bits per heavy atom. The van der Waals surface area contributed by atoms with E-state index in [0.717, 1.165) is 40.2 Å². The van der Waals surface area contributed by atoms with E-state index in [9.17, 15) is 4.79 Å². The molecule has 0 bridgehead atoms. The van der Waals surface area contributed by atoms with Crippen LogP contribution in [0.1, 0.15) is 36.1 Å². The number of anilines is 2. The lowest BCUT2D eigenvalue weighted by Gasteiger charge is -2.47. The van der Waals surface area contributed by atoms with Gasteiger partial charge in [0.25, 0.3) is 0 Å². The highest BCUT2D eigenvalue weighted by molar-refractivity contribution is 8.16. The molecule has 0 aliphatic carbocycles. The lowest BCUT2D eigenvalue weighted by molar-refractivity contribution is -0.134. The second-order valence-corrected chi connectivity index (χ2v) is 10.3. The maximum Gasteiger partial charge on any atom is 0.365 e. The van der Waals surface area contributed by atoms with Crippen LogP contribution in [-0.2, 0) is 20.9 Å². The maximum atomic E-state index is 13.1. The molecule has 0 saturated carbocycles. The molecule has 39 heavy (non-hydrogen) atoms. The van der Waals surface area contributed by atoms with Crippen molar-refractivity contribution < 1.29 is 9.53 Å². The molecule has 0 amide bonds. The highest BCUT2D eigenvalue weighted by Crippen LogP contribution is 2.55. The van der Waals surface area contributed by atoms with Gasteiger partial charge in [0.1, 0.15) is 0 Å². The van der Waals surface area contributed by atoms with Crippen molar-refractivity contribution >= 4 is 39.9 Å². The van der Waals surface area contributed by atoms with Gasteiger partial charge < -0.3 is 4.74 Å². The van der Waals surface area contributed by atoms with Crippen LogP contribution >= 0.6 is 11.8 Å². The zero-order valence-corrected chi connectivity index (χ0v) is 22.6. The number of rotatable bonds is 6. The second kappa shape index (κ2) is 10.4. The number of ether oxygens (including phenoxy) is 1. The van der Waals surface area contributed by atoms with Crippen molar-refractivity contribution in [2.75, 3.05) is 16.6 Å². The molecule has 1 spiro atoms. The monoisotopic (exact) mass is 532 g/mol. The number of carbonyl (C=O) groups excluding carboxylic acids is 1. The largest absolute Gasteiger partial charge is 0.461 e. The van der Waals surface area contributed by atoms with E-state index >= 15 is 0 Å². The number of thioether (sulfide) groups is 1. The van der Waals surface area contributed by atoms with E-state index in [-0.39, 0.29) is 11.7 Å². The molecule has 0 radical (unpaired) electrons. The molecule has 4 aromatic rings. The number of fused-ring (bicyclic) bond motifs is 2. The Morgan fingerprint density at radius 2 is 1.36 bits per heavy atom. The third kappa shape index (κ3) is 4.29. The highest BCUT2D eigenvalue weighted by atomic mass is 32.2. The van der Waals surface area contributed by atoms with E-state index < -0.39 is 11.0 Å². The minimum absolute atomic E-state index is 0.270. The van der Waals surface area contributed by atoms with Gasteiger partial charge in [0.05, 0.1) is 23.7 Å². The predicted octanol–water partition coefficient (Wildman–Crippen LogP) is 6.76. The first-order chi connectivity index (χ1) is 19.2. The van der Waals surface area contributed by atoms with E-state index in [1.807, 2.05) is 82.8 Å². The number of nitrogens with zero attached hydrogens (tertiary/aromatic N) is 4. The Bertz CT molecular complexity index is 1550. The molecule has 4 aromatic carbocycles. The molecule has 2 aliphatic heterocycles. The van der Waals surface area contributed by atoms with Crippen molar-refractivity contribution in [1.29, 1.82) is 0 Å². The fourth-order valence-corrected chi connectivity index (χ4v) is 6.25. The van der Waals surface area contributed by atoms with Gasteiger partial charge in [0.15, 0.2) is 0 Å². The summed E-state index contributed by atoms with van der Waals surface area (Å²) in [6.07, 6.45) is 0.971. The Kier molecular flexibility index (Phi) is 6.67. The Hall–Kier alpha value is -4.36. The lowest BCUT2D eigenvalue weighted by Crippen LogP contribution is -2.54. The smallest absolute Gasteiger partial charge is 0.365 e. The lowest BCUT2D eigenvalue weighted by atomic mass is 9.92. The van der Waals surface area contributed by atoms with Crippen LogP contribution in [0.4, 0.5) is 11.4 Å². The molecule has 6 nitrogen and oxygen atoms in total. The summed E-state index contributed by atoms with van der Waals surface area (Å²) in [5, 5.41) is 14.4. The molecule has 194 valence electrons. The topological polar surface area (TPSA) is 57.5 Å². The first-order valence-electron chi connectivity index (χ1n) is 13.1. The molecule has 2 heterocycles. The number of para-hydroxylation sites is 2. The molecular formula is C32H28N4O2S. The molecule has 1 atom stereocenters. The summed E-state index contributed by atoms with van der Waals surface area (Å²) >= 11 is 1.35. The van der Waals surface area contributed by atoms with Gasteiger partial charge in [0, 0.05) is 16.7 Å². The summed E-state index contributed by atoms with van der Waals surface area (Å²) in [6, 6.07) is 36.8. The Labute approximate surface area is 232 Å². The normalized spacial score (nSPS) is 18.0. The van der Waals surface area contributed by atoms with Crippen LogP contribution in [0.25, 0.3) is 0 Å². The summed E-state index contributed by atoms with van der Waals surface area (Å²) in [5.41, 5.74) is 6.85. The highest BCUT2D eigenvalue weighted by Gasteiger charge is 2.56. The first-order valence-corrected chi connectivity index (χ1v) is 13.9. The van der Waals surface area contributed by atoms with Crippen LogP contribution in [0.5, 0.6) is 0 Å². The summed E-state index contributed by atoms with van der Waals surface area (Å²) in [7, 11) is 0. The average molecular weight is 533 g/mol. The first kappa shape index (κ1) is 24.9. The third-order valence-electron chi connectivity index (χ3n) is 6.82. The van der Waals surface area contributed by atoms with Crippen molar-refractivity contribution in [3.8, 4) is 0 Å². The SMILES string of the molecule is CCOC(=O)C1=NN(c2ccccc2)[C@]2(S1)c1ccccc1C(c1ccc(CC)cc1)=NN2c1ccccc1. The number of hydrogen-bond acceptors (Lipinski definition) is 7. The molecule has 0 unspecified atom stereocenters. The number of esters is 1. The summed E-state index contributed by atoms with van der Waals surface area (Å²) in [6.45, 7) is 4.22. The molecular weight excluding hydrogens is 504 g/mol. The van der Waals surface area contributed by atoms with E-state index in [0.29, 0.717) is 0 Å². The zero-order valence-electron chi connectivity index (χ0n) is 21.8. The number of benzene rings is 4.